The first kappa shape index (κ1) is 21.6. The number of nitrogens with one attached hydrogen (secondary N) is 1. The topological polar surface area (TPSA) is 121 Å². The zero-order valence-corrected chi connectivity index (χ0v) is 16.0. The van der Waals surface area contributed by atoms with Crippen LogP contribution >= 0.6 is 0 Å². The number of ether oxygens (including phenoxy) is 3. The van der Waals surface area contributed by atoms with E-state index in [4.69, 9.17) is 19.9 Å². The first-order valence-corrected chi connectivity index (χ1v) is 9.12. The van der Waals surface area contributed by atoms with E-state index in [0.29, 0.717) is 26.0 Å². The van der Waals surface area contributed by atoms with Gasteiger partial charge in [-0.15, -0.1) is 0 Å². The fraction of sp³-hybridized carbons (Fsp3) is 0.444. The van der Waals surface area contributed by atoms with Crippen LogP contribution in [0.1, 0.15) is 29.4 Å². The number of hydrogen-bond donors (Lipinski definition) is 2. The van der Waals surface area contributed by atoms with Crippen LogP contribution in [0.3, 0.4) is 0 Å². The third-order valence-electron chi connectivity index (χ3n) is 4.22. The molecule has 2 aromatic rings. The van der Waals surface area contributed by atoms with Crippen molar-refractivity contribution in [3.63, 3.8) is 0 Å². The highest BCUT2D eigenvalue weighted by molar-refractivity contribution is 5.88. The van der Waals surface area contributed by atoms with E-state index in [0.717, 1.165) is 6.42 Å². The van der Waals surface area contributed by atoms with Crippen molar-refractivity contribution < 1.29 is 32.2 Å². The molecule has 1 saturated heterocycles. The summed E-state index contributed by atoms with van der Waals surface area (Å²) in [7, 11) is 0. The van der Waals surface area contributed by atoms with E-state index in [1.807, 2.05) is 0 Å². The summed E-state index contributed by atoms with van der Waals surface area (Å²) in [5.74, 6) is -1.12. The molecule has 0 radical (unpaired) electrons. The molecule has 9 nitrogen and oxygen atoms in total. The summed E-state index contributed by atoms with van der Waals surface area (Å²) in [6, 6.07) is 1.38. The van der Waals surface area contributed by atoms with Crippen molar-refractivity contribution >= 4 is 23.4 Å². The Morgan fingerprint density at radius 2 is 2.17 bits per heavy atom. The van der Waals surface area contributed by atoms with Gasteiger partial charge in [0, 0.05) is 24.8 Å². The first-order valence-electron chi connectivity index (χ1n) is 9.12. The van der Waals surface area contributed by atoms with E-state index >= 15 is 0 Å². The van der Waals surface area contributed by atoms with E-state index < -0.39 is 23.5 Å². The second kappa shape index (κ2) is 9.11. The largest absolute Gasteiger partial charge is 0.491 e. The summed E-state index contributed by atoms with van der Waals surface area (Å²) < 4.78 is 54.6. The van der Waals surface area contributed by atoms with Gasteiger partial charge in [-0.2, -0.15) is 18.2 Å². The SMILES string of the molecule is CCOC(=O)c1cc(OCC2CCOC2)c(Nc2ncc(C(F)(F)F)c(N)n2)cn1. The van der Waals surface area contributed by atoms with Crippen LogP contribution in [0, 0.1) is 5.92 Å². The highest BCUT2D eigenvalue weighted by atomic mass is 19.4. The van der Waals surface area contributed by atoms with Crippen LogP contribution in [0.15, 0.2) is 18.5 Å². The number of aromatic nitrogens is 3. The molecule has 3 heterocycles. The number of nitrogen functional groups attached to an aromatic ring is 1. The minimum absolute atomic E-state index is 0.0212. The Morgan fingerprint density at radius 1 is 1.37 bits per heavy atom. The van der Waals surface area contributed by atoms with Gasteiger partial charge in [0.25, 0.3) is 0 Å². The molecule has 1 atom stereocenters. The molecule has 1 aliphatic rings. The molecule has 162 valence electrons. The number of anilines is 3. The Hall–Kier alpha value is -3.15. The van der Waals surface area contributed by atoms with Crippen LogP contribution in [0.4, 0.5) is 30.6 Å². The van der Waals surface area contributed by atoms with Gasteiger partial charge >= 0.3 is 12.1 Å². The lowest BCUT2D eigenvalue weighted by Gasteiger charge is -2.16. The molecule has 3 rings (SSSR count). The van der Waals surface area contributed by atoms with Crippen molar-refractivity contribution in [1.82, 2.24) is 15.0 Å². The van der Waals surface area contributed by atoms with Crippen molar-refractivity contribution in [2.75, 3.05) is 37.5 Å². The second-order valence-electron chi connectivity index (χ2n) is 6.44. The molecule has 12 heteroatoms. The fourth-order valence-electron chi connectivity index (χ4n) is 2.68. The average Bonchev–Trinajstić information content (AvgIpc) is 3.20. The lowest BCUT2D eigenvalue weighted by atomic mass is 10.1. The molecule has 0 saturated carbocycles. The van der Waals surface area contributed by atoms with Crippen LogP contribution in [-0.4, -0.2) is 47.3 Å². The van der Waals surface area contributed by atoms with Crippen LogP contribution in [0.25, 0.3) is 0 Å². The van der Waals surface area contributed by atoms with Gasteiger partial charge in [0.15, 0.2) is 5.69 Å². The molecular formula is C18H20F3N5O4. The van der Waals surface area contributed by atoms with Crippen molar-refractivity contribution in [1.29, 1.82) is 0 Å². The number of hydrogen-bond acceptors (Lipinski definition) is 9. The molecule has 1 aliphatic heterocycles. The monoisotopic (exact) mass is 427 g/mol. The molecule has 0 bridgehead atoms. The van der Waals surface area contributed by atoms with Crippen LogP contribution in [-0.2, 0) is 15.7 Å². The van der Waals surface area contributed by atoms with Gasteiger partial charge in [0.05, 0.1) is 26.0 Å². The van der Waals surface area contributed by atoms with Crippen molar-refractivity contribution in [2.45, 2.75) is 19.5 Å². The number of alkyl halides is 3. The van der Waals surface area contributed by atoms with E-state index in [1.54, 1.807) is 6.92 Å². The van der Waals surface area contributed by atoms with Gasteiger partial charge in [0.1, 0.15) is 22.8 Å². The Morgan fingerprint density at radius 3 is 2.80 bits per heavy atom. The lowest BCUT2D eigenvalue weighted by molar-refractivity contribution is -0.137. The van der Waals surface area contributed by atoms with E-state index in [-0.39, 0.29) is 35.6 Å². The Labute approximate surface area is 169 Å². The third kappa shape index (κ3) is 5.26. The summed E-state index contributed by atoms with van der Waals surface area (Å²) in [4.78, 5) is 23.3. The molecular weight excluding hydrogens is 407 g/mol. The Balaban J connectivity index is 1.84. The van der Waals surface area contributed by atoms with Gasteiger partial charge in [-0.25, -0.2) is 14.8 Å². The standard InChI is InChI=1S/C18H20F3N5O4/c1-2-29-16(27)12-5-14(30-9-10-3-4-28-8-10)13(7-23-12)25-17-24-6-11(15(22)26-17)18(19,20)21/h5-7,10H,2-4,8-9H2,1H3,(H3,22,24,25,26). The normalized spacial score (nSPS) is 16.3. The highest BCUT2D eigenvalue weighted by Crippen LogP contribution is 2.33. The molecule has 0 aliphatic carbocycles. The van der Waals surface area contributed by atoms with Crippen molar-refractivity contribution in [2.24, 2.45) is 5.92 Å². The van der Waals surface area contributed by atoms with Crippen molar-refractivity contribution in [3.8, 4) is 5.75 Å². The summed E-state index contributed by atoms with van der Waals surface area (Å²) in [6.45, 7) is 3.35. The van der Waals surface area contributed by atoms with E-state index in [1.165, 1.54) is 12.3 Å². The zero-order valence-electron chi connectivity index (χ0n) is 16.0. The number of carbonyl (C=O) groups is 1. The van der Waals surface area contributed by atoms with Gasteiger partial charge in [-0.05, 0) is 13.3 Å². The first-order chi connectivity index (χ1) is 14.3. The predicted octanol–water partition coefficient (Wildman–Crippen LogP) is 2.81. The smallest absolute Gasteiger partial charge is 0.421 e. The van der Waals surface area contributed by atoms with Crippen LogP contribution in [0.5, 0.6) is 5.75 Å². The third-order valence-corrected chi connectivity index (χ3v) is 4.22. The molecule has 30 heavy (non-hydrogen) atoms. The summed E-state index contributed by atoms with van der Waals surface area (Å²) in [6.07, 6.45) is -1.97. The predicted molar refractivity (Wildman–Crippen MR) is 99.3 cm³/mol. The second-order valence-corrected chi connectivity index (χ2v) is 6.44. The minimum Gasteiger partial charge on any atom is -0.491 e. The molecule has 0 aromatic carbocycles. The molecule has 1 fully saturated rings. The van der Waals surface area contributed by atoms with Crippen LogP contribution < -0.4 is 15.8 Å². The number of esters is 1. The van der Waals surface area contributed by atoms with Gasteiger partial charge in [0.2, 0.25) is 5.95 Å². The van der Waals surface area contributed by atoms with Gasteiger partial charge in [-0.3, -0.25) is 0 Å². The van der Waals surface area contributed by atoms with Crippen LogP contribution in [0.2, 0.25) is 0 Å². The van der Waals surface area contributed by atoms with E-state index in [2.05, 4.69) is 20.3 Å². The quantitative estimate of drug-likeness (QED) is 0.642. The summed E-state index contributed by atoms with van der Waals surface area (Å²) in [5.41, 5.74) is 4.54. The molecule has 2 aromatic heterocycles. The molecule has 3 N–H and O–H groups in total. The van der Waals surface area contributed by atoms with Crippen molar-refractivity contribution in [3.05, 3.63) is 29.7 Å². The van der Waals surface area contributed by atoms with E-state index in [9.17, 15) is 18.0 Å². The zero-order chi connectivity index (χ0) is 21.7. The minimum atomic E-state index is -4.66. The number of nitrogens with two attached hydrogens (primary N) is 1. The maximum absolute atomic E-state index is 12.8. The number of nitrogens with zero attached hydrogens (tertiary/aromatic N) is 3. The highest BCUT2D eigenvalue weighted by Gasteiger charge is 2.34. The number of rotatable bonds is 7. The summed E-state index contributed by atoms with van der Waals surface area (Å²) >= 11 is 0. The Kier molecular flexibility index (Phi) is 6.55. The molecule has 0 amide bonds. The maximum atomic E-state index is 12.8. The summed E-state index contributed by atoms with van der Waals surface area (Å²) in [5, 5.41) is 2.73. The molecule has 0 spiro atoms. The molecule has 1 unspecified atom stereocenters. The lowest BCUT2D eigenvalue weighted by Crippen LogP contribution is -2.15. The fourth-order valence-corrected chi connectivity index (χ4v) is 2.68. The average molecular weight is 427 g/mol. The number of halogens is 3. The number of carbonyl (C=O) groups excluding carboxylic acids is 1. The Bertz CT molecular complexity index is 904. The number of pyridine rings is 1. The maximum Gasteiger partial charge on any atom is 0.421 e. The van der Waals surface area contributed by atoms with Gasteiger partial charge < -0.3 is 25.3 Å². The van der Waals surface area contributed by atoms with Gasteiger partial charge in [-0.1, -0.05) is 0 Å².